The second-order valence-corrected chi connectivity index (χ2v) is 12.9. The molecule has 0 N–H and O–H groups in total. The molecule has 0 saturated heterocycles. The van der Waals surface area contributed by atoms with Gasteiger partial charge in [0.1, 0.15) is 0 Å². The van der Waals surface area contributed by atoms with E-state index in [1.165, 1.54) is 0 Å². The lowest BCUT2D eigenvalue weighted by atomic mass is 11.6. The average molecular weight is 214 g/mol. The van der Waals surface area contributed by atoms with Crippen molar-refractivity contribution in [1.82, 2.24) is 0 Å². The molecule has 0 aliphatic rings. The van der Waals surface area contributed by atoms with Crippen LogP contribution in [0.4, 0.5) is 0 Å². The van der Waals surface area contributed by atoms with Crippen LogP contribution in [0.2, 0.25) is 31.9 Å². The second kappa shape index (κ2) is 4.31. The summed E-state index contributed by atoms with van der Waals surface area (Å²) in [6.07, 6.45) is 3.44. The molecule has 0 aromatic heterocycles. The van der Waals surface area contributed by atoms with Crippen LogP contribution in [0.5, 0.6) is 0 Å². The molecule has 0 spiro atoms. The Bertz CT molecular complexity index is 226. The highest BCUT2D eigenvalue weighted by molar-refractivity contribution is 6.89. The number of nitriles is 2. The van der Waals surface area contributed by atoms with E-state index >= 15 is 0 Å². The first-order valence-electron chi connectivity index (χ1n) is 3.97. The molecule has 72 valence electrons. The van der Waals surface area contributed by atoms with Crippen LogP contribution < -0.4 is 0 Å². The topological polar surface area (TPSA) is 66.0 Å². The summed E-state index contributed by atoms with van der Waals surface area (Å²) in [6.45, 7) is 7.80. The quantitative estimate of drug-likeness (QED) is 0.530. The number of nitrogens with zero attached hydrogens (tertiary/aromatic N) is 2. The molecule has 13 heavy (non-hydrogen) atoms. The van der Waals surface area contributed by atoms with Gasteiger partial charge >= 0.3 is 0 Å². The maximum Gasteiger partial charge on any atom is 0.271 e. The Morgan fingerprint density at radius 3 is 1.46 bits per heavy atom. The van der Waals surface area contributed by atoms with Crippen molar-refractivity contribution in [2.24, 2.45) is 0 Å². The zero-order chi connectivity index (χ0) is 10.5. The van der Waals surface area contributed by atoms with Gasteiger partial charge < -0.3 is 8.85 Å². The fourth-order valence-corrected chi connectivity index (χ4v) is 10.6. The minimum absolute atomic E-state index is 0.751. The molecule has 0 saturated carbocycles. The van der Waals surface area contributed by atoms with Crippen LogP contribution >= 0.6 is 0 Å². The molecule has 0 aliphatic carbocycles. The van der Waals surface area contributed by atoms with Gasteiger partial charge in [-0.15, -0.1) is 0 Å². The zero-order valence-corrected chi connectivity index (χ0v) is 10.4. The van der Waals surface area contributed by atoms with Gasteiger partial charge in [0.15, 0.2) is 0 Å². The molecule has 0 bridgehead atoms. The van der Waals surface area contributed by atoms with Crippen molar-refractivity contribution in [3.05, 3.63) is 0 Å². The monoisotopic (exact) mass is 214 g/mol. The summed E-state index contributed by atoms with van der Waals surface area (Å²) in [5, 5.41) is 16.8. The maximum atomic E-state index is 8.40. The van der Waals surface area contributed by atoms with Crippen molar-refractivity contribution in [3.63, 3.8) is 0 Å². The van der Waals surface area contributed by atoms with Crippen LogP contribution in [0.1, 0.15) is 0 Å². The Morgan fingerprint density at radius 1 is 0.923 bits per heavy atom. The van der Waals surface area contributed by atoms with Gasteiger partial charge in [-0.2, -0.15) is 10.5 Å². The first-order valence-corrected chi connectivity index (χ1v) is 10.2. The van der Waals surface area contributed by atoms with Gasteiger partial charge in [-0.25, -0.2) is 0 Å². The molecule has 0 heterocycles. The predicted molar refractivity (Wildman–Crippen MR) is 53.2 cm³/mol. The standard InChI is InChI=1S/C7H14N2O2Si2/c1-12(2,10-5-8)7-13(3,4)11-6-9/h7H2,1-4H3. The zero-order valence-electron chi connectivity index (χ0n) is 8.42. The molecular formula is C7H14N2O2Si2. The first-order chi connectivity index (χ1) is 5.83. The summed E-state index contributed by atoms with van der Waals surface area (Å²) < 4.78 is 10.0. The smallest absolute Gasteiger partial charge is 0.271 e. The third-order valence-corrected chi connectivity index (χ3v) is 9.59. The summed E-state index contributed by atoms with van der Waals surface area (Å²) in [4.78, 5) is 0. The Hall–Kier alpha value is -0.986. The van der Waals surface area contributed by atoms with Crippen molar-refractivity contribution in [3.8, 4) is 12.5 Å². The first kappa shape index (κ1) is 12.0. The van der Waals surface area contributed by atoms with Crippen molar-refractivity contribution >= 4 is 16.6 Å². The van der Waals surface area contributed by atoms with Crippen LogP contribution in [0.15, 0.2) is 0 Å². The van der Waals surface area contributed by atoms with E-state index in [-0.39, 0.29) is 0 Å². The lowest BCUT2D eigenvalue weighted by Crippen LogP contribution is -2.42. The largest absolute Gasteiger partial charge is 0.483 e. The summed E-state index contributed by atoms with van der Waals surface area (Å²) >= 11 is 0. The minimum Gasteiger partial charge on any atom is -0.483 e. The van der Waals surface area contributed by atoms with Crippen LogP contribution in [0.3, 0.4) is 0 Å². The summed E-state index contributed by atoms with van der Waals surface area (Å²) in [5.41, 5.74) is 0.751. The van der Waals surface area contributed by atoms with Gasteiger partial charge in [0, 0.05) is 5.67 Å². The average Bonchev–Trinajstić information content (AvgIpc) is 1.82. The molecule has 0 amide bonds. The van der Waals surface area contributed by atoms with E-state index in [0.29, 0.717) is 0 Å². The number of hydrogen-bond donors (Lipinski definition) is 0. The van der Waals surface area contributed by atoms with Crippen LogP contribution in [0.25, 0.3) is 0 Å². The summed E-state index contributed by atoms with van der Waals surface area (Å²) in [7, 11) is -3.90. The van der Waals surface area contributed by atoms with Gasteiger partial charge in [-0.3, -0.25) is 0 Å². The molecule has 0 unspecified atom stereocenters. The molecular weight excluding hydrogens is 200 g/mol. The van der Waals surface area contributed by atoms with Crippen LogP contribution in [-0.2, 0) is 8.85 Å². The van der Waals surface area contributed by atoms with E-state index in [1.807, 2.05) is 26.2 Å². The molecule has 0 aromatic carbocycles. The SMILES string of the molecule is C[Si](C)(C[Si](C)(C)OC#N)OC#N. The van der Waals surface area contributed by atoms with Gasteiger partial charge in [-0.05, 0) is 26.2 Å². The van der Waals surface area contributed by atoms with Crippen molar-refractivity contribution in [1.29, 1.82) is 10.5 Å². The predicted octanol–water partition coefficient (Wildman–Crippen LogP) is 1.93. The molecule has 0 aromatic rings. The molecule has 0 radical (unpaired) electrons. The molecule has 0 aliphatic heterocycles. The lowest BCUT2D eigenvalue weighted by Gasteiger charge is -2.26. The Balaban J connectivity index is 4.27. The highest BCUT2D eigenvalue weighted by atomic mass is 28.4. The third kappa shape index (κ3) is 5.28. The maximum absolute atomic E-state index is 8.40. The molecule has 0 rings (SSSR count). The van der Waals surface area contributed by atoms with Gasteiger partial charge in [-0.1, -0.05) is 0 Å². The van der Waals surface area contributed by atoms with Gasteiger partial charge in [0.05, 0.1) is 0 Å². The molecule has 4 nitrogen and oxygen atoms in total. The van der Waals surface area contributed by atoms with Crippen molar-refractivity contribution < 1.29 is 8.85 Å². The minimum atomic E-state index is -1.95. The van der Waals surface area contributed by atoms with E-state index in [4.69, 9.17) is 19.4 Å². The summed E-state index contributed by atoms with van der Waals surface area (Å²) in [6, 6.07) is 0. The van der Waals surface area contributed by atoms with Crippen LogP contribution in [0, 0.1) is 23.0 Å². The Morgan fingerprint density at radius 2 is 1.23 bits per heavy atom. The lowest BCUT2D eigenvalue weighted by molar-refractivity contribution is 0.480. The molecule has 6 heteroatoms. The van der Waals surface area contributed by atoms with E-state index in [9.17, 15) is 0 Å². The van der Waals surface area contributed by atoms with Gasteiger partial charge in [0.2, 0.25) is 0 Å². The van der Waals surface area contributed by atoms with E-state index < -0.39 is 16.6 Å². The highest BCUT2D eigenvalue weighted by Gasteiger charge is 2.37. The molecule has 0 atom stereocenters. The Kier molecular flexibility index (Phi) is 3.98. The van der Waals surface area contributed by atoms with E-state index in [0.717, 1.165) is 5.67 Å². The summed E-state index contributed by atoms with van der Waals surface area (Å²) in [5.74, 6) is 0. The van der Waals surface area contributed by atoms with Gasteiger partial charge in [0.25, 0.3) is 29.1 Å². The fraction of sp³-hybridized carbons (Fsp3) is 0.714. The van der Waals surface area contributed by atoms with Crippen molar-refractivity contribution in [2.45, 2.75) is 31.9 Å². The number of hydrogen-bond acceptors (Lipinski definition) is 4. The van der Waals surface area contributed by atoms with E-state index in [1.54, 1.807) is 12.5 Å². The highest BCUT2D eigenvalue weighted by Crippen LogP contribution is 2.20. The third-order valence-electron chi connectivity index (χ3n) is 1.50. The van der Waals surface area contributed by atoms with Crippen LogP contribution in [-0.4, -0.2) is 16.6 Å². The van der Waals surface area contributed by atoms with Crippen molar-refractivity contribution in [2.75, 3.05) is 0 Å². The normalized spacial score (nSPS) is 11.2. The fourth-order valence-electron chi connectivity index (χ4n) is 1.34. The van der Waals surface area contributed by atoms with E-state index in [2.05, 4.69) is 0 Å². The molecule has 0 fully saturated rings. The second-order valence-electron chi connectivity index (χ2n) is 4.08. The Labute approximate surface area is 80.9 Å². The number of rotatable bonds is 4.